The van der Waals surface area contributed by atoms with E-state index in [-0.39, 0.29) is 17.7 Å². The fourth-order valence-electron chi connectivity index (χ4n) is 3.09. The number of thioether (sulfide) groups is 1. The Morgan fingerprint density at radius 2 is 1.77 bits per heavy atom. The van der Waals surface area contributed by atoms with Crippen LogP contribution in [0.1, 0.15) is 39.6 Å². The highest BCUT2D eigenvalue weighted by molar-refractivity contribution is 7.99. The van der Waals surface area contributed by atoms with Gasteiger partial charge < -0.3 is 0 Å². The molecule has 6 nitrogen and oxygen atoms in total. The normalized spacial score (nSPS) is 16.4. The van der Waals surface area contributed by atoms with E-state index >= 15 is 0 Å². The molecule has 0 N–H and O–H groups in total. The Kier molecular flexibility index (Phi) is 3.68. The zero-order valence-corrected chi connectivity index (χ0v) is 15.3. The van der Waals surface area contributed by atoms with E-state index < -0.39 is 0 Å². The minimum atomic E-state index is -0.242. The Hall–Kier alpha value is -2.45. The van der Waals surface area contributed by atoms with Crippen LogP contribution in [0.5, 0.6) is 0 Å². The number of hydrogen-bond donors (Lipinski definition) is 0. The van der Waals surface area contributed by atoms with Gasteiger partial charge in [0.2, 0.25) is 0 Å². The molecule has 1 aromatic carbocycles. The average molecular weight is 382 g/mol. The number of amides is 2. The van der Waals surface area contributed by atoms with E-state index in [1.807, 2.05) is 17.5 Å². The number of hydrogen-bond acceptors (Lipinski definition) is 6. The summed E-state index contributed by atoms with van der Waals surface area (Å²) in [6.07, 6.45) is 2.22. The molecule has 0 unspecified atom stereocenters. The molecule has 1 fully saturated rings. The van der Waals surface area contributed by atoms with Crippen molar-refractivity contribution in [1.82, 2.24) is 19.7 Å². The molecule has 0 spiro atoms. The molecule has 1 aliphatic heterocycles. The number of carbonyl (C=O) groups is 2. The van der Waals surface area contributed by atoms with Crippen molar-refractivity contribution in [3.8, 4) is 10.7 Å². The first-order valence-electron chi connectivity index (χ1n) is 8.31. The molecule has 3 aromatic rings. The molecule has 3 heterocycles. The zero-order valence-electron chi connectivity index (χ0n) is 13.7. The monoisotopic (exact) mass is 382 g/mol. The second-order valence-corrected chi connectivity index (χ2v) is 8.10. The first kappa shape index (κ1) is 15.8. The topological polar surface area (TPSA) is 68.1 Å². The van der Waals surface area contributed by atoms with Crippen molar-refractivity contribution in [2.45, 2.75) is 24.0 Å². The first-order valence-corrected chi connectivity index (χ1v) is 10.2. The van der Waals surface area contributed by atoms with Crippen molar-refractivity contribution < 1.29 is 9.59 Å². The van der Waals surface area contributed by atoms with Gasteiger partial charge in [0.25, 0.3) is 11.8 Å². The fraction of sp³-hybridized carbons (Fsp3) is 0.222. The quantitative estimate of drug-likeness (QED) is 0.497. The van der Waals surface area contributed by atoms with Crippen molar-refractivity contribution >= 4 is 34.9 Å². The van der Waals surface area contributed by atoms with Gasteiger partial charge in [-0.1, -0.05) is 30.0 Å². The molecule has 1 saturated carbocycles. The molecule has 2 aliphatic rings. The maximum absolute atomic E-state index is 12.5. The van der Waals surface area contributed by atoms with Crippen LogP contribution in [0.2, 0.25) is 0 Å². The molecule has 2 amide bonds. The van der Waals surface area contributed by atoms with Crippen LogP contribution in [0.25, 0.3) is 10.7 Å². The third-order valence-corrected chi connectivity index (χ3v) is 6.31. The molecular weight excluding hydrogens is 368 g/mol. The Bertz CT molecular complexity index is 973. The standard InChI is InChI=1S/C18H14N4O2S2/c23-16-12-4-1-2-5-13(12)17(24)21(16)10-26-18-20-19-15(14-6-3-9-25-14)22(18)11-7-8-11/h1-6,9,11H,7-8,10H2. The summed E-state index contributed by atoms with van der Waals surface area (Å²) in [5, 5.41) is 11.5. The lowest BCUT2D eigenvalue weighted by atomic mass is 10.1. The maximum atomic E-state index is 12.5. The molecule has 0 bridgehead atoms. The number of carbonyl (C=O) groups excluding carboxylic acids is 2. The molecule has 130 valence electrons. The minimum absolute atomic E-state index is 0.238. The Labute approximate surface area is 157 Å². The van der Waals surface area contributed by atoms with Crippen molar-refractivity contribution in [2.75, 3.05) is 5.88 Å². The molecule has 0 saturated heterocycles. The summed E-state index contributed by atoms with van der Waals surface area (Å²) in [5.74, 6) is 0.622. The summed E-state index contributed by atoms with van der Waals surface area (Å²) in [4.78, 5) is 27.4. The molecule has 0 radical (unpaired) electrons. The van der Waals surface area contributed by atoms with Gasteiger partial charge in [0.05, 0.1) is 21.9 Å². The molecule has 1 aliphatic carbocycles. The average Bonchev–Trinajstić information content (AvgIpc) is 3.10. The summed E-state index contributed by atoms with van der Waals surface area (Å²) in [6, 6.07) is 11.4. The van der Waals surface area contributed by atoms with Crippen molar-refractivity contribution in [2.24, 2.45) is 0 Å². The summed E-state index contributed by atoms with van der Waals surface area (Å²) in [7, 11) is 0. The van der Waals surface area contributed by atoms with Gasteiger partial charge in [0, 0.05) is 6.04 Å². The van der Waals surface area contributed by atoms with E-state index in [0.29, 0.717) is 17.2 Å². The summed E-state index contributed by atoms with van der Waals surface area (Å²) >= 11 is 3.02. The van der Waals surface area contributed by atoms with E-state index in [4.69, 9.17) is 0 Å². The number of fused-ring (bicyclic) bond motifs is 1. The van der Waals surface area contributed by atoms with Crippen LogP contribution in [-0.4, -0.2) is 37.4 Å². The first-order chi connectivity index (χ1) is 12.7. The summed E-state index contributed by atoms with van der Waals surface area (Å²) in [5.41, 5.74) is 0.946. The minimum Gasteiger partial charge on any atom is -0.298 e. The van der Waals surface area contributed by atoms with Gasteiger partial charge in [-0.3, -0.25) is 19.1 Å². The van der Waals surface area contributed by atoms with Gasteiger partial charge in [0.1, 0.15) is 0 Å². The van der Waals surface area contributed by atoms with Gasteiger partial charge in [-0.15, -0.1) is 21.5 Å². The van der Waals surface area contributed by atoms with Gasteiger partial charge in [-0.2, -0.15) is 0 Å². The van der Waals surface area contributed by atoms with E-state index in [1.165, 1.54) is 16.7 Å². The van der Waals surface area contributed by atoms with Crippen molar-refractivity contribution in [1.29, 1.82) is 0 Å². The number of nitrogens with zero attached hydrogens (tertiary/aromatic N) is 4. The third-order valence-electron chi connectivity index (χ3n) is 4.52. The second kappa shape index (κ2) is 6.07. The van der Waals surface area contributed by atoms with E-state index in [2.05, 4.69) is 14.8 Å². The van der Waals surface area contributed by atoms with Crippen LogP contribution in [0.4, 0.5) is 0 Å². The SMILES string of the molecule is O=C1c2ccccc2C(=O)N1CSc1nnc(-c2cccs2)n1C1CC1. The number of thiophene rings is 1. The molecule has 8 heteroatoms. The second-order valence-electron chi connectivity index (χ2n) is 6.24. The van der Waals surface area contributed by atoms with Gasteiger partial charge >= 0.3 is 0 Å². The maximum Gasteiger partial charge on any atom is 0.262 e. The van der Waals surface area contributed by atoms with Crippen molar-refractivity contribution in [3.63, 3.8) is 0 Å². The molecule has 26 heavy (non-hydrogen) atoms. The molecule has 0 atom stereocenters. The molecular formula is C18H14N4O2S2. The predicted octanol–water partition coefficient (Wildman–Crippen LogP) is 3.69. The highest BCUT2D eigenvalue weighted by atomic mass is 32.2. The highest BCUT2D eigenvalue weighted by Gasteiger charge is 2.36. The van der Waals surface area contributed by atoms with Crippen LogP contribution >= 0.6 is 23.1 Å². The molecule has 2 aromatic heterocycles. The lowest BCUT2D eigenvalue weighted by Crippen LogP contribution is -2.29. The number of benzene rings is 1. The van der Waals surface area contributed by atoms with E-state index in [1.54, 1.807) is 35.6 Å². The van der Waals surface area contributed by atoms with Crippen molar-refractivity contribution in [3.05, 3.63) is 52.9 Å². The summed E-state index contributed by atoms with van der Waals surface area (Å²) < 4.78 is 2.15. The highest BCUT2D eigenvalue weighted by Crippen LogP contribution is 2.42. The predicted molar refractivity (Wildman–Crippen MR) is 99.3 cm³/mol. The van der Waals surface area contributed by atoms with Crippen LogP contribution < -0.4 is 0 Å². The van der Waals surface area contributed by atoms with Gasteiger partial charge in [-0.25, -0.2) is 0 Å². The number of aromatic nitrogens is 3. The Balaban J connectivity index is 1.40. The van der Waals surface area contributed by atoms with Crippen LogP contribution in [0, 0.1) is 0 Å². The number of imide groups is 1. The number of rotatable bonds is 5. The van der Waals surface area contributed by atoms with E-state index in [9.17, 15) is 9.59 Å². The summed E-state index contributed by atoms with van der Waals surface area (Å²) in [6.45, 7) is 0. The zero-order chi connectivity index (χ0) is 17.7. The lowest BCUT2D eigenvalue weighted by molar-refractivity contribution is 0.0684. The van der Waals surface area contributed by atoms with Crippen LogP contribution in [0.3, 0.4) is 0 Å². The largest absolute Gasteiger partial charge is 0.298 e. The lowest BCUT2D eigenvalue weighted by Gasteiger charge is -2.13. The van der Waals surface area contributed by atoms with E-state index in [0.717, 1.165) is 28.7 Å². The molecule has 5 rings (SSSR count). The van der Waals surface area contributed by atoms with Gasteiger partial charge in [-0.05, 0) is 36.4 Å². The van der Waals surface area contributed by atoms with Crippen LogP contribution in [0.15, 0.2) is 46.9 Å². The Morgan fingerprint density at radius 3 is 2.38 bits per heavy atom. The van der Waals surface area contributed by atoms with Gasteiger partial charge in [0.15, 0.2) is 11.0 Å². The fourth-order valence-corrected chi connectivity index (χ4v) is 4.75. The smallest absolute Gasteiger partial charge is 0.262 e. The third kappa shape index (κ3) is 2.48. The Morgan fingerprint density at radius 1 is 1.04 bits per heavy atom. The van der Waals surface area contributed by atoms with Crippen LogP contribution in [-0.2, 0) is 0 Å².